The van der Waals surface area contributed by atoms with Gasteiger partial charge in [0.15, 0.2) is 0 Å². The van der Waals surface area contributed by atoms with Crippen LogP contribution in [0.3, 0.4) is 0 Å². The Morgan fingerprint density at radius 1 is 1.67 bits per heavy atom. The maximum Gasteiger partial charge on any atom is 0.306 e. The van der Waals surface area contributed by atoms with Crippen LogP contribution in [0.25, 0.3) is 0 Å². The molecule has 70 valence electrons. The lowest BCUT2D eigenvalue weighted by Gasteiger charge is -1.98. The molecule has 0 amide bonds. The van der Waals surface area contributed by atoms with Gasteiger partial charge in [-0.3, -0.25) is 4.79 Å². The summed E-state index contributed by atoms with van der Waals surface area (Å²) < 4.78 is 4.74. The predicted octanol–water partition coefficient (Wildman–Crippen LogP) is 2.51. The molecule has 0 rings (SSSR count). The molecule has 1 atom stereocenters. The molecule has 1 unspecified atom stereocenters. The van der Waals surface area contributed by atoms with Crippen LogP contribution in [0.5, 0.6) is 0 Å². The van der Waals surface area contributed by atoms with E-state index in [1.54, 1.807) is 6.92 Å². The van der Waals surface area contributed by atoms with Crippen LogP contribution in [0, 0.1) is 0 Å². The number of rotatable bonds is 5. The Labute approximate surface area is 78.5 Å². The zero-order chi connectivity index (χ0) is 9.40. The number of hydrogen-bond donors (Lipinski definition) is 0. The fourth-order valence-corrected chi connectivity index (χ4v) is 0.821. The minimum atomic E-state index is -0.149. The van der Waals surface area contributed by atoms with E-state index in [9.17, 15) is 4.79 Å². The Morgan fingerprint density at radius 3 is 2.83 bits per heavy atom. The first-order valence-electron chi connectivity index (χ1n) is 4.13. The second-order valence-electron chi connectivity index (χ2n) is 2.45. The Morgan fingerprint density at radius 2 is 2.33 bits per heavy atom. The average molecular weight is 191 g/mol. The molecule has 0 aliphatic heterocycles. The summed E-state index contributed by atoms with van der Waals surface area (Å²) in [5, 5.41) is 0.0344. The molecule has 0 aliphatic rings. The lowest BCUT2D eigenvalue weighted by Crippen LogP contribution is -2.02. The van der Waals surface area contributed by atoms with Crippen LogP contribution in [0.2, 0.25) is 0 Å². The minimum absolute atomic E-state index is 0.0344. The Balaban J connectivity index is 3.36. The third-order valence-corrected chi connectivity index (χ3v) is 1.37. The van der Waals surface area contributed by atoms with Crippen LogP contribution >= 0.6 is 11.6 Å². The molecule has 0 aliphatic carbocycles. The molecule has 0 radical (unpaired) electrons. The van der Waals surface area contributed by atoms with Crippen molar-refractivity contribution in [3.63, 3.8) is 0 Å². The summed E-state index contributed by atoms with van der Waals surface area (Å²) in [5.41, 5.74) is 0. The molecular formula is C9H15ClO2. The lowest BCUT2D eigenvalue weighted by atomic mass is 10.3. The first-order valence-corrected chi connectivity index (χ1v) is 4.56. The largest absolute Gasteiger partial charge is 0.466 e. The van der Waals surface area contributed by atoms with Crippen LogP contribution in [0.15, 0.2) is 12.2 Å². The maximum atomic E-state index is 10.8. The van der Waals surface area contributed by atoms with Gasteiger partial charge in [-0.05, 0) is 20.3 Å². The Hall–Kier alpha value is -0.500. The molecular weight excluding hydrogens is 176 g/mol. The number of carbonyl (C=O) groups excluding carboxylic acids is 1. The van der Waals surface area contributed by atoms with Crippen LogP contribution in [0.1, 0.15) is 26.7 Å². The van der Waals surface area contributed by atoms with Gasteiger partial charge in [-0.15, -0.1) is 11.6 Å². The fourth-order valence-electron chi connectivity index (χ4n) is 0.718. The Kier molecular flexibility index (Phi) is 6.87. The Bertz CT molecular complexity index is 153. The summed E-state index contributed by atoms with van der Waals surface area (Å²) in [5.74, 6) is -0.149. The molecule has 3 heteroatoms. The first kappa shape index (κ1) is 11.5. The van der Waals surface area contributed by atoms with Crippen molar-refractivity contribution in [3.8, 4) is 0 Å². The summed E-state index contributed by atoms with van der Waals surface area (Å²) in [7, 11) is 0. The van der Waals surface area contributed by atoms with Gasteiger partial charge >= 0.3 is 5.97 Å². The SMILES string of the molecule is CCOC(=O)CCC=CC(C)Cl. The highest BCUT2D eigenvalue weighted by atomic mass is 35.5. The number of allylic oxidation sites excluding steroid dienone is 2. The molecule has 2 nitrogen and oxygen atoms in total. The highest BCUT2D eigenvalue weighted by Gasteiger charge is 1.97. The van der Waals surface area contributed by atoms with Crippen molar-refractivity contribution < 1.29 is 9.53 Å². The molecule has 0 spiro atoms. The van der Waals surface area contributed by atoms with Crippen molar-refractivity contribution in [2.24, 2.45) is 0 Å². The van der Waals surface area contributed by atoms with Crippen molar-refractivity contribution in [2.75, 3.05) is 6.61 Å². The van der Waals surface area contributed by atoms with Crippen molar-refractivity contribution >= 4 is 17.6 Å². The fraction of sp³-hybridized carbons (Fsp3) is 0.667. The molecule has 0 saturated carbocycles. The molecule has 0 aromatic carbocycles. The summed E-state index contributed by atoms with van der Waals surface area (Å²) in [6.45, 7) is 4.13. The van der Waals surface area contributed by atoms with E-state index in [0.717, 1.165) is 0 Å². The monoisotopic (exact) mass is 190 g/mol. The number of halogens is 1. The average Bonchev–Trinajstić information content (AvgIpc) is 1.98. The smallest absolute Gasteiger partial charge is 0.306 e. The van der Waals surface area contributed by atoms with Gasteiger partial charge in [0.1, 0.15) is 0 Å². The molecule has 0 fully saturated rings. The van der Waals surface area contributed by atoms with E-state index in [-0.39, 0.29) is 11.3 Å². The van der Waals surface area contributed by atoms with E-state index in [0.29, 0.717) is 19.4 Å². The molecule has 0 aromatic heterocycles. The number of esters is 1. The van der Waals surface area contributed by atoms with E-state index in [1.807, 2.05) is 19.1 Å². The maximum absolute atomic E-state index is 10.8. The second kappa shape index (κ2) is 7.17. The van der Waals surface area contributed by atoms with E-state index < -0.39 is 0 Å². The molecule has 0 bridgehead atoms. The van der Waals surface area contributed by atoms with Gasteiger partial charge in [-0.25, -0.2) is 0 Å². The third-order valence-electron chi connectivity index (χ3n) is 1.22. The van der Waals surface area contributed by atoms with E-state index >= 15 is 0 Å². The molecule has 0 aromatic rings. The van der Waals surface area contributed by atoms with Gasteiger partial charge < -0.3 is 4.74 Å². The van der Waals surface area contributed by atoms with Crippen LogP contribution in [-0.2, 0) is 9.53 Å². The summed E-state index contributed by atoms with van der Waals surface area (Å²) in [6.07, 6.45) is 4.90. The highest BCUT2D eigenvalue weighted by molar-refractivity contribution is 6.21. The zero-order valence-electron chi connectivity index (χ0n) is 7.55. The van der Waals surface area contributed by atoms with Crippen molar-refractivity contribution in [2.45, 2.75) is 32.1 Å². The third kappa shape index (κ3) is 7.61. The second-order valence-corrected chi connectivity index (χ2v) is 3.14. The van der Waals surface area contributed by atoms with Gasteiger partial charge in [-0.2, -0.15) is 0 Å². The molecule has 0 heterocycles. The van der Waals surface area contributed by atoms with Crippen molar-refractivity contribution in [1.29, 1.82) is 0 Å². The number of hydrogen-bond acceptors (Lipinski definition) is 2. The number of alkyl halides is 1. The summed E-state index contributed by atoms with van der Waals surface area (Å²) in [4.78, 5) is 10.8. The zero-order valence-corrected chi connectivity index (χ0v) is 8.30. The normalized spacial score (nSPS) is 13.2. The molecule has 0 saturated heterocycles. The number of carbonyl (C=O) groups is 1. The van der Waals surface area contributed by atoms with Gasteiger partial charge in [-0.1, -0.05) is 12.2 Å². The van der Waals surface area contributed by atoms with E-state index in [1.165, 1.54) is 0 Å². The van der Waals surface area contributed by atoms with Gasteiger partial charge in [0.2, 0.25) is 0 Å². The van der Waals surface area contributed by atoms with Crippen LogP contribution in [0.4, 0.5) is 0 Å². The minimum Gasteiger partial charge on any atom is -0.466 e. The standard InChI is InChI=1S/C9H15ClO2/c1-3-12-9(11)7-5-4-6-8(2)10/h4,6,8H,3,5,7H2,1-2H3. The van der Waals surface area contributed by atoms with E-state index in [4.69, 9.17) is 16.3 Å². The van der Waals surface area contributed by atoms with Crippen molar-refractivity contribution in [1.82, 2.24) is 0 Å². The van der Waals surface area contributed by atoms with Gasteiger partial charge in [0, 0.05) is 11.8 Å². The van der Waals surface area contributed by atoms with Gasteiger partial charge in [0.05, 0.1) is 6.61 Å². The molecule has 12 heavy (non-hydrogen) atoms. The molecule has 0 N–H and O–H groups in total. The lowest BCUT2D eigenvalue weighted by molar-refractivity contribution is -0.142. The van der Waals surface area contributed by atoms with Crippen LogP contribution < -0.4 is 0 Å². The first-order chi connectivity index (χ1) is 5.66. The topological polar surface area (TPSA) is 26.3 Å². The van der Waals surface area contributed by atoms with Gasteiger partial charge in [0.25, 0.3) is 0 Å². The number of ether oxygens (including phenoxy) is 1. The van der Waals surface area contributed by atoms with Crippen molar-refractivity contribution in [3.05, 3.63) is 12.2 Å². The summed E-state index contributed by atoms with van der Waals surface area (Å²) >= 11 is 5.65. The highest BCUT2D eigenvalue weighted by Crippen LogP contribution is 1.99. The predicted molar refractivity (Wildman–Crippen MR) is 50.3 cm³/mol. The van der Waals surface area contributed by atoms with Crippen LogP contribution in [-0.4, -0.2) is 18.0 Å². The summed E-state index contributed by atoms with van der Waals surface area (Å²) in [6, 6.07) is 0. The quantitative estimate of drug-likeness (QED) is 0.378. The van der Waals surface area contributed by atoms with E-state index in [2.05, 4.69) is 0 Å².